The SMILES string of the molecule is CNCCCNC(=O)c1cc(C)c(C)c(S(N)(=O)=O)c1. The maximum atomic E-state index is 12.0. The summed E-state index contributed by atoms with van der Waals surface area (Å²) in [5.74, 6) is -0.297. The lowest BCUT2D eigenvalue weighted by atomic mass is 10.1. The number of hydrogen-bond acceptors (Lipinski definition) is 4. The van der Waals surface area contributed by atoms with Gasteiger partial charge in [-0.2, -0.15) is 0 Å². The van der Waals surface area contributed by atoms with Crippen LogP contribution in [0.25, 0.3) is 0 Å². The number of carbonyl (C=O) groups is 1. The molecular weight excluding hydrogens is 278 g/mol. The number of nitrogens with one attached hydrogen (secondary N) is 2. The van der Waals surface area contributed by atoms with Crippen LogP contribution in [0.2, 0.25) is 0 Å². The average molecular weight is 299 g/mol. The molecule has 0 spiro atoms. The fourth-order valence-corrected chi connectivity index (χ4v) is 2.70. The van der Waals surface area contributed by atoms with Gasteiger partial charge >= 0.3 is 0 Å². The van der Waals surface area contributed by atoms with Crippen LogP contribution in [0.1, 0.15) is 27.9 Å². The Morgan fingerprint density at radius 2 is 1.90 bits per heavy atom. The van der Waals surface area contributed by atoms with Crippen LogP contribution in [0.15, 0.2) is 17.0 Å². The molecule has 0 bridgehead atoms. The van der Waals surface area contributed by atoms with Gasteiger partial charge in [-0.1, -0.05) is 0 Å². The van der Waals surface area contributed by atoms with Crippen LogP contribution in [0.3, 0.4) is 0 Å². The minimum absolute atomic E-state index is 0.00197. The molecule has 6 nitrogen and oxygen atoms in total. The monoisotopic (exact) mass is 299 g/mol. The number of amides is 1. The van der Waals surface area contributed by atoms with Crippen molar-refractivity contribution in [3.05, 3.63) is 28.8 Å². The number of carbonyl (C=O) groups excluding carboxylic acids is 1. The molecule has 0 aliphatic carbocycles. The van der Waals surface area contributed by atoms with Crippen LogP contribution >= 0.6 is 0 Å². The highest BCUT2D eigenvalue weighted by Crippen LogP contribution is 2.20. The zero-order valence-corrected chi connectivity index (χ0v) is 12.8. The van der Waals surface area contributed by atoms with Gasteiger partial charge in [0.1, 0.15) is 0 Å². The van der Waals surface area contributed by atoms with Crippen molar-refractivity contribution >= 4 is 15.9 Å². The van der Waals surface area contributed by atoms with Gasteiger partial charge in [-0.25, -0.2) is 13.6 Å². The number of primary sulfonamides is 1. The second-order valence-corrected chi connectivity index (χ2v) is 6.20. The second kappa shape index (κ2) is 6.83. The van der Waals surface area contributed by atoms with E-state index in [1.807, 2.05) is 7.05 Å². The predicted molar refractivity (Wildman–Crippen MR) is 78.2 cm³/mol. The third-order valence-corrected chi connectivity index (χ3v) is 4.11. The largest absolute Gasteiger partial charge is 0.352 e. The molecule has 0 saturated heterocycles. The normalized spacial score (nSPS) is 11.4. The van der Waals surface area contributed by atoms with Gasteiger partial charge < -0.3 is 10.6 Å². The van der Waals surface area contributed by atoms with E-state index in [9.17, 15) is 13.2 Å². The summed E-state index contributed by atoms with van der Waals surface area (Å²) in [5, 5.41) is 10.9. The van der Waals surface area contributed by atoms with E-state index in [0.29, 0.717) is 17.7 Å². The Balaban J connectivity index is 2.97. The third kappa shape index (κ3) is 4.29. The molecule has 0 radical (unpaired) electrons. The van der Waals surface area contributed by atoms with E-state index >= 15 is 0 Å². The van der Waals surface area contributed by atoms with Gasteiger partial charge in [0, 0.05) is 12.1 Å². The fraction of sp³-hybridized carbons (Fsp3) is 0.462. The number of hydrogen-bond donors (Lipinski definition) is 3. The summed E-state index contributed by atoms with van der Waals surface area (Å²) < 4.78 is 23.0. The van der Waals surface area contributed by atoms with Gasteiger partial charge in [0.05, 0.1) is 4.90 Å². The van der Waals surface area contributed by atoms with Crippen molar-refractivity contribution in [2.75, 3.05) is 20.1 Å². The number of aryl methyl sites for hydroxylation is 1. The zero-order valence-electron chi connectivity index (χ0n) is 12.0. The van der Waals surface area contributed by atoms with Crippen LogP contribution in [0.4, 0.5) is 0 Å². The molecule has 1 aromatic rings. The first-order valence-electron chi connectivity index (χ1n) is 6.34. The Labute approximate surface area is 119 Å². The first-order chi connectivity index (χ1) is 9.27. The molecule has 0 saturated carbocycles. The summed E-state index contributed by atoms with van der Waals surface area (Å²) in [4.78, 5) is 12.0. The first kappa shape index (κ1) is 16.6. The lowest BCUT2D eigenvalue weighted by Gasteiger charge is -2.11. The molecular formula is C13H21N3O3S. The first-order valence-corrected chi connectivity index (χ1v) is 7.89. The highest BCUT2D eigenvalue weighted by Gasteiger charge is 2.17. The summed E-state index contributed by atoms with van der Waals surface area (Å²) >= 11 is 0. The van der Waals surface area contributed by atoms with Crippen LogP contribution in [0, 0.1) is 13.8 Å². The summed E-state index contributed by atoms with van der Waals surface area (Å²) in [6.07, 6.45) is 0.801. The standard InChI is InChI=1S/C13H21N3O3S/c1-9-7-11(13(17)16-6-4-5-15-3)8-12(10(9)2)20(14,18)19/h7-8,15H,4-6H2,1-3H3,(H,16,17)(H2,14,18,19). The van der Waals surface area contributed by atoms with Crippen LogP contribution in [-0.4, -0.2) is 34.5 Å². The maximum absolute atomic E-state index is 12.0. The van der Waals surface area contributed by atoms with E-state index in [0.717, 1.165) is 18.5 Å². The van der Waals surface area contributed by atoms with E-state index in [1.165, 1.54) is 6.07 Å². The molecule has 7 heteroatoms. The van der Waals surface area contributed by atoms with Gasteiger partial charge in [-0.15, -0.1) is 0 Å². The molecule has 0 unspecified atom stereocenters. The molecule has 20 heavy (non-hydrogen) atoms. The second-order valence-electron chi connectivity index (χ2n) is 4.67. The van der Waals surface area contributed by atoms with Gasteiger partial charge in [0.25, 0.3) is 5.91 Å². The Morgan fingerprint density at radius 3 is 2.45 bits per heavy atom. The maximum Gasteiger partial charge on any atom is 0.251 e. The highest BCUT2D eigenvalue weighted by molar-refractivity contribution is 7.89. The Hall–Kier alpha value is -1.44. The van der Waals surface area contributed by atoms with Crippen molar-refractivity contribution in [1.29, 1.82) is 0 Å². The van der Waals surface area contributed by atoms with Crippen molar-refractivity contribution in [2.24, 2.45) is 5.14 Å². The molecule has 0 heterocycles. The lowest BCUT2D eigenvalue weighted by Crippen LogP contribution is -2.27. The van der Waals surface area contributed by atoms with E-state index in [2.05, 4.69) is 10.6 Å². The van der Waals surface area contributed by atoms with Gasteiger partial charge in [0.15, 0.2) is 0 Å². The zero-order chi connectivity index (χ0) is 15.3. The summed E-state index contributed by atoms with van der Waals surface area (Å²) in [6.45, 7) is 4.75. The summed E-state index contributed by atoms with van der Waals surface area (Å²) in [6, 6.07) is 2.99. The molecule has 1 amide bonds. The molecule has 112 valence electrons. The molecule has 0 aliphatic heterocycles. The van der Waals surface area contributed by atoms with Gasteiger partial charge in [-0.05, 0) is 57.1 Å². The molecule has 0 fully saturated rings. The number of nitrogens with two attached hydrogens (primary N) is 1. The minimum atomic E-state index is -3.83. The molecule has 1 rings (SSSR count). The van der Waals surface area contributed by atoms with E-state index in [4.69, 9.17) is 5.14 Å². The van der Waals surface area contributed by atoms with Crippen molar-refractivity contribution < 1.29 is 13.2 Å². The van der Waals surface area contributed by atoms with E-state index < -0.39 is 10.0 Å². The van der Waals surface area contributed by atoms with Crippen molar-refractivity contribution in [1.82, 2.24) is 10.6 Å². The number of rotatable bonds is 6. The van der Waals surface area contributed by atoms with Crippen molar-refractivity contribution in [3.8, 4) is 0 Å². The van der Waals surface area contributed by atoms with Gasteiger partial charge in [-0.3, -0.25) is 4.79 Å². The van der Waals surface area contributed by atoms with E-state index in [1.54, 1.807) is 19.9 Å². The highest BCUT2D eigenvalue weighted by atomic mass is 32.2. The van der Waals surface area contributed by atoms with Crippen molar-refractivity contribution in [3.63, 3.8) is 0 Å². The molecule has 4 N–H and O–H groups in total. The smallest absolute Gasteiger partial charge is 0.251 e. The van der Waals surface area contributed by atoms with Gasteiger partial charge in [0.2, 0.25) is 10.0 Å². The summed E-state index contributed by atoms with van der Waals surface area (Å²) in [5.41, 5.74) is 1.60. The number of benzene rings is 1. The average Bonchev–Trinajstić information content (AvgIpc) is 2.36. The Morgan fingerprint density at radius 1 is 1.25 bits per heavy atom. The topological polar surface area (TPSA) is 101 Å². The van der Waals surface area contributed by atoms with Crippen LogP contribution in [0.5, 0.6) is 0 Å². The predicted octanol–water partition coefficient (Wildman–Crippen LogP) is 0.290. The minimum Gasteiger partial charge on any atom is -0.352 e. The molecule has 1 aromatic carbocycles. The van der Waals surface area contributed by atoms with Crippen LogP contribution < -0.4 is 15.8 Å². The Bertz CT molecular complexity index is 597. The number of sulfonamides is 1. The molecule has 0 aliphatic rings. The lowest BCUT2D eigenvalue weighted by molar-refractivity contribution is 0.0953. The Kier molecular flexibility index (Phi) is 5.67. The molecule has 0 atom stereocenters. The summed E-state index contributed by atoms with van der Waals surface area (Å²) in [7, 11) is -1.99. The quantitative estimate of drug-likeness (QED) is 0.657. The van der Waals surface area contributed by atoms with Crippen molar-refractivity contribution in [2.45, 2.75) is 25.2 Å². The fourth-order valence-electron chi connectivity index (χ4n) is 1.82. The van der Waals surface area contributed by atoms with E-state index in [-0.39, 0.29) is 10.8 Å². The third-order valence-electron chi connectivity index (χ3n) is 3.08. The van der Waals surface area contributed by atoms with Crippen LogP contribution in [-0.2, 0) is 10.0 Å². The molecule has 0 aromatic heterocycles.